The van der Waals surface area contributed by atoms with Gasteiger partial charge in [0.15, 0.2) is 0 Å². The van der Waals surface area contributed by atoms with Crippen LogP contribution >= 0.6 is 0 Å². The standard InChI is InChI=1S/C16H26O/c1-13(2)7-6-12-17-15-10-8-14(9-11-15)16(3,4)5/h8-11,13H,6-7,12H2,1-5H3. The Hall–Kier alpha value is -0.980. The largest absolute Gasteiger partial charge is 0.494 e. The Morgan fingerprint density at radius 1 is 1.06 bits per heavy atom. The van der Waals surface area contributed by atoms with Crippen molar-refractivity contribution in [1.82, 2.24) is 0 Å². The monoisotopic (exact) mass is 234 g/mol. The summed E-state index contributed by atoms with van der Waals surface area (Å²) < 4.78 is 5.72. The lowest BCUT2D eigenvalue weighted by atomic mass is 9.87. The summed E-state index contributed by atoms with van der Waals surface area (Å²) in [6.45, 7) is 12.0. The van der Waals surface area contributed by atoms with Crippen molar-refractivity contribution in [3.8, 4) is 5.75 Å². The summed E-state index contributed by atoms with van der Waals surface area (Å²) in [6.07, 6.45) is 2.37. The van der Waals surface area contributed by atoms with Gasteiger partial charge in [0.25, 0.3) is 0 Å². The van der Waals surface area contributed by atoms with E-state index in [1.807, 2.05) is 0 Å². The summed E-state index contributed by atoms with van der Waals surface area (Å²) in [5.74, 6) is 1.75. The normalized spacial score (nSPS) is 11.9. The average Bonchev–Trinajstić information content (AvgIpc) is 2.23. The summed E-state index contributed by atoms with van der Waals surface area (Å²) in [7, 11) is 0. The van der Waals surface area contributed by atoms with E-state index in [1.54, 1.807) is 0 Å². The van der Waals surface area contributed by atoms with Crippen LogP contribution in [-0.2, 0) is 5.41 Å². The first kappa shape index (κ1) is 14.1. The van der Waals surface area contributed by atoms with Gasteiger partial charge < -0.3 is 4.74 Å². The molecule has 0 N–H and O–H groups in total. The molecule has 0 aromatic heterocycles. The molecule has 1 nitrogen and oxygen atoms in total. The third-order valence-corrected chi connectivity index (χ3v) is 2.91. The Balaban J connectivity index is 2.41. The fourth-order valence-electron chi connectivity index (χ4n) is 1.73. The molecule has 0 aliphatic carbocycles. The molecule has 0 fully saturated rings. The van der Waals surface area contributed by atoms with Crippen LogP contribution < -0.4 is 4.74 Å². The molecule has 0 atom stereocenters. The van der Waals surface area contributed by atoms with Gasteiger partial charge in [0, 0.05) is 0 Å². The number of rotatable bonds is 5. The Labute approximate surface area is 106 Å². The maximum absolute atomic E-state index is 5.72. The maximum Gasteiger partial charge on any atom is 0.119 e. The summed E-state index contributed by atoms with van der Waals surface area (Å²) in [5.41, 5.74) is 1.57. The van der Waals surface area contributed by atoms with Gasteiger partial charge in [0.05, 0.1) is 6.61 Å². The summed E-state index contributed by atoms with van der Waals surface area (Å²) in [5, 5.41) is 0. The van der Waals surface area contributed by atoms with E-state index in [9.17, 15) is 0 Å². The van der Waals surface area contributed by atoms with Crippen LogP contribution in [0.3, 0.4) is 0 Å². The fourth-order valence-corrected chi connectivity index (χ4v) is 1.73. The van der Waals surface area contributed by atoms with Crippen molar-refractivity contribution < 1.29 is 4.74 Å². The second kappa shape index (κ2) is 6.09. The summed E-state index contributed by atoms with van der Waals surface area (Å²) >= 11 is 0. The van der Waals surface area contributed by atoms with Crippen LogP contribution in [-0.4, -0.2) is 6.61 Å². The number of ether oxygens (including phenoxy) is 1. The lowest BCUT2D eigenvalue weighted by Crippen LogP contribution is -2.10. The van der Waals surface area contributed by atoms with E-state index in [-0.39, 0.29) is 5.41 Å². The molecular formula is C16H26O. The third-order valence-electron chi connectivity index (χ3n) is 2.91. The molecule has 0 bridgehead atoms. The van der Waals surface area contributed by atoms with E-state index in [0.29, 0.717) is 0 Å². The van der Waals surface area contributed by atoms with Gasteiger partial charge >= 0.3 is 0 Å². The van der Waals surface area contributed by atoms with Crippen LogP contribution in [0.4, 0.5) is 0 Å². The molecule has 1 aromatic rings. The second-order valence-electron chi connectivity index (χ2n) is 6.16. The molecule has 1 heteroatoms. The van der Waals surface area contributed by atoms with Gasteiger partial charge in [0.1, 0.15) is 5.75 Å². The average molecular weight is 234 g/mol. The van der Waals surface area contributed by atoms with Crippen molar-refractivity contribution in [3.63, 3.8) is 0 Å². The van der Waals surface area contributed by atoms with Gasteiger partial charge in [-0.05, 0) is 41.9 Å². The van der Waals surface area contributed by atoms with Crippen LogP contribution in [0.2, 0.25) is 0 Å². The fraction of sp³-hybridized carbons (Fsp3) is 0.625. The molecule has 1 aromatic carbocycles. The highest BCUT2D eigenvalue weighted by Crippen LogP contribution is 2.24. The van der Waals surface area contributed by atoms with Gasteiger partial charge in [-0.15, -0.1) is 0 Å². The molecule has 96 valence electrons. The minimum atomic E-state index is 0.218. The first-order valence-corrected chi connectivity index (χ1v) is 6.63. The predicted molar refractivity (Wildman–Crippen MR) is 74.7 cm³/mol. The minimum Gasteiger partial charge on any atom is -0.494 e. The van der Waals surface area contributed by atoms with E-state index in [0.717, 1.165) is 24.7 Å². The lowest BCUT2D eigenvalue weighted by molar-refractivity contribution is 0.297. The lowest BCUT2D eigenvalue weighted by Gasteiger charge is -2.19. The van der Waals surface area contributed by atoms with E-state index in [4.69, 9.17) is 4.74 Å². The maximum atomic E-state index is 5.72. The molecule has 0 spiro atoms. The molecule has 17 heavy (non-hydrogen) atoms. The molecular weight excluding hydrogens is 208 g/mol. The molecule has 0 saturated carbocycles. The number of hydrogen-bond donors (Lipinski definition) is 0. The molecule has 0 heterocycles. The highest BCUT2D eigenvalue weighted by atomic mass is 16.5. The molecule has 0 unspecified atom stereocenters. The smallest absolute Gasteiger partial charge is 0.119 e. The van der Waals surface area contributed by atoms with Gasteiger partial charge in [-0.2, -0.15) is 0 Å². The summed E-state index contributed by atoms with van der Waals surface area (Å²) in [6, 6.07) is 8.49. The van der Waals surface area contributed by atoms with Crippen LogP contribution in [0, 0.1) is 5.92 Å². The van der Waals surface area contributed by atoms with Gasteiger partial charge in [0.2, 0.25) is 0 Å². The first-order valence-electron chi connectivity index (χ1n) is 6.63. The van der Waals surface area contributed by atoms with Crippen LogP contribution in [0.5, 0.6) is 5.75 Å². The first-order chi connectivity index (χ1) is 7.89. The second-order valence-corrected chi connectivity index (χ2v) is 6.16. The number of hydrogen-bond acceptors (Lipinski definition) is 1. The van der Waals surface area contributed by atoms with E-state index < -0.39 is 0 Å². The van der Waals surface area contributed by atoms with E-state index in [1.165, 1.54) is 12.0 Å². The topological polar surface area (TPSA) is 9.23 Å². The number of benzene rings is 1. The summed E-state index contributed by atoms with van der Waals surface area (Å²) in [4.78, 5) is 0. The van der Waals surface area contributed by atoms with Gasteiger partial charge in [-0.3, -0.25) is 0 Å². The van der Waals surface area contributed by atoms with Crippen molar-refractivity contribution in [2.24, 2.45) is 5.92 Å². The van der Waals surface area contributed by atoms with Crippen LogP contribution in [0.25, 0.3) is 0 Å². The van der Waals surface area contributed by atoms with E-state index in [2.05, 4.69) is 58.9 Å². The quantitative estimate of drug-likeness (QED) is 0.665. The highest BCUT2D eigenvalue weighted by Gasteiger charge is 2.12. The highest BCUT2D eigenvalue weighted by molar-refractivity contribution is 5.31. The molecule has 0 amide bonds. The zero-order valence-corrected chi connectivity index (χ0v) is 11.9. The minimum absolute atomic E-state index is 0.218. The van der Waals surface area contributed by atoms with Crippen molar-refractivity contribution >= 4 is 0 Å². The Kier molecular flexibility index (Phi) is 5.04. The predicted octanol–water partition coefficient (Wildman–Crippen LogP) is 4.80. The molecule has 0 saturated heterocycles. The SMILES string of the molecule is CC(C)CCCOc1ccc(C(C)(C)C)cc1. The van der Waals surface area contributed by atoms with E-state index >= 15 is 0 Å². The van der Waals surface area contributed by atoms with Crippen molar-refractivity contribution in [2.45, 2.75) is 52.9 Å². The molecule has 1 rings (SSSR count). The Morgan fingerprint density at radius 2 is 1.65 bits per heavy atom. The molecule has 0 radical (unpaired) electrons. The zero-order chi connectivity index (χ0) is 12.9. The molecule has 0 aliphatic rings. The van der Waals surface area contributed by atoms with Crippen LogP contribution in [0.1, 0.15) is 53.0 Å². The van der Waals surface area contributed by atoms with Gasteiger partial charge in [-0.1, -0.05) is 46.8 Å². The van der Waals surface area contributed by atoms with Crippen LogP contribution in [0.15, 0.2) is 24.3 Å². The van der Waals surface area contributed by atoms with Crippen molar-refractivity contribution in [2.75, 3.05) is 6.61 Å². The molecule has 0 aliphatic heterocycles. The Morgan fingerprint density at radius 3 is 2.12 bits per heavy atom. The third kappa shape index (κ3) is 5.25. The van der Waals surface area contributed by atoms with Gasteiger partial charge in [-0.25, -0.2) is 0 Å². The van der Waals surface area contributed by atoms with Crippen molar-refractivity contribution in [1.29, 1.82) is 0 Å². The Bertz CT molecular complexity index is 316. The van der Waals surface area contributed by atoms with Crippen molar-refractivity contribution in [3.05, 3.63) is 29.8 Å². The zero-order valence-electron chi connectivity index (χ0n) is 11.9.